The molecule has 1 heterocycles. The molecule has 19 heavy (non-hydrogen) atoms. The lowest BCUT2D eigenvalue weighted by Gasteiger charge is -2.04. The third kappa shape index (κ3) is 3.87. The molecule has 0 bridgehead atoms. The first-order valence-corrected chi connectivity index (χ1v) is 6.69. The number of halogens is 1. The monoisotopic (exact) mass is 298 g/mol. The number of benzene rings is 1. The lowest BCUT2D eigenvalue weighted by atomic mass is 10.3. The summed E-state index contributed by atoms with van der Waals surface area (Å²) in [6.45, 7) is 1.64. The summed E-state index contributed by atoms with van der Waals surface area (Å²) in [7, 11) is 0. The molecular formula is C11H11ClN4O2S. The second-order valence-corrected chi connectivity index (χ2v) is 5.08. The van der Waals surface area contributed by atoms with Crippen molar-refractivity contribution in [2.24, 2.45) is 0 Å². The molecule has 0 aliphatic carbocycles. The maximum atomic E-state index is 11.6. The van der Waals surface area contributed by atoms with Gasteiger partial charge in [-0.25, -0.2) is 0 Å². The highest BCUT2D eigenvalue weighted by Crippen LogP contribution is 2.28. The van der Waals surface area contributed by atoms with Crippen molar-refractivity contribution < 1.29 is 9.21 Å². The van der Waals surface area contributed by atoms with E-state index in [1.54, 1.807) is 25.1 Å². The molecule has 2 aromatic rings. The summed E-state index contributed by atoms with van der Waals surface area (Å²) < 4.78 is 5.04. The molecule has 0 spiro atoms. The first-order chi connectivity index (χ1) is 9.04. The van der Waals surface area contributed by atoms with Gasteiger partial charge in [0.15, 0.2) is 0 Å². The van der Waals surface area contributed by atoms with Crippen LogP contribution in [0.4, 0.5) is 11.7 Å². The summed E-state index contributed by atoms with van der Waals surface area (Å²) in [6, 6.07) is 5.23. The first kappa shape index (κ1) is 13.7. The zero-order valence-electron chi connectivity index (χ0n) is 10.0. The van der Waals surface area contributed by atoms with Crippen LogP contribution in [-0.4, -0.2) is 21.9 Å². The van der Waals surface area contributed by atoms with Gasteiger partial charge < -0.3 is 10.2 Å². The Morgan fingerprint density at radius 3 is 2.95 bits per heavy atom. The Morgan fingerprint density at radius 2 is 2.32 bits per heavy atom. The van der Waals surface area contributed by atoms with Crippen LogP contribution >= 0.6 is 23.4 Å². The molecular weight excluding hydrogens is 288 g/mol. The van der Waals surface area contributed by atoms with Gasteiger partial charge >= 0.3 is 6.01 Å². The van der Waals surface area contributed by atoms with E-state index in [1.165, 1.54) is 11.8 Å². The van der Waals surface area contributed by atoms with E-state index in [0.717, 1.165) is 4.90 Å². The van der Waals surface area contributed by atoms with Crippen LogP contribution < -0.4 is 11.1 Å². The molecule has 8 heteroatoms. The SMILES string of the molecule is Cc1nnc(NC(=O)CSc2ccc(N)cc2Cl)o1. The van der Waals surface area contributed by atoms with Crippen molar-refractivity contribution in [3.05, 3.63) is 29.1 Å². The van der Waals surface area contributed by atoms with Crippen LogP contribution in [0, 0.1) is 6.92 Å². The number of carbonyl (C=O) groups excluding carboxylic acids is 1. The van der Waals surface area contributed by atoms with Crippen LogP contribution in [0.3, 0.4) is 0 Å². The third-order valence-corrected chi connectivity index (χ3v) is 3.59. The molecule has 0 aliphatic heterocycles. The smallest absolute Gasteiger partial charge is 0.322 e. The molecule has 0 radical (unpaired) electrons. The lowest BCUT2D eigenvalue weighted by Crippen LogP contribution is -2.14. The third-order valence-electron chi connectivity index (χ3n) is 2.09. The Hall–Kier alpha value is -1.73. The number of nitrogens with zero attached hydrogens (tertiary/aromatic N) is 2. The highest BCUT2D eigenvalue weighted by molar-refractivity contribution is 8.00. The molecule has 0 atom stereocenters. The Balaban J connectivity index is 1.89. The van der Waals surface area contributed by atoms with Crippen molar-refractivity contribution in [1.82, 2.24) is 10.2 Å². The first-order valence-electron chi connectivity index (χ1n) is 5.32. The predicted molar refractivity (Wildman–Crippen MR) is 74.3 cm³/mol. The fourth-order valence-electron chi connectivity index (χ4n) is 1.28. The van der Waals surface area contributed by atoms with Gasteiger partial charge in [0.05, 0.1) is 10.8 Å². The molecule has 100 valence electrons. The molecule has 0 unspecified atom stereocenters. The highest BCUT2D eigenvalue weighted by atomic mass is 35.5. The fraction of sp³-hybridized carbons (Fsp3) is 0.182. The minimum Gasteiger partial charge on any atom is -0.408 e. The summed E-state index contributed by atoms with van der Waals surface area (Å²) in [6.07, 6.45) is 0. The Kier molecular flexibility index (Phi) is 4.28. The van der Waals surface area contributed by atoms with Gasteiger partial charge in [-0.15, -0.1) is 16.9 Å². The molecule has 0 saturated carbocycles. The van der Waals surface area contributed by atoms with Gasteiger partial charge in [-0.2, -0.15) is 0 Å². The van der Waals surface area contributed by atoms with Crippen molar-refractivity contribution >= 4 is 41.0 Å². The van der Waals surface area contributed by atoms with Crippen LogP contribution in [0.5, 0.6) is 0 Å². The van der Waals surface area contributed by atoms with E-state index >= 15 is 0 Å². The molecule has 1 amide bonds. The van der Waals surface area contributed by atoms with Crippen LogP contribution in [0.25, 0.3) is 0 Å². The lowest BCUT2D eigenvalue weighted by molar-refractivity contribution is -0.113. The molecule has 0 aliphatic rings. The molecule has 0 saturated heterocycles. The number of aryl methyl sites for hydroxylation is 1. The van der Waals surface area contributed by atoms with Crippen molar-refractivity contribution in [3.63, 3.8) is 0 Å². The topological polar surface area (TPSA) is 94.0 Å². The number of aromatic nitrogens is 2. The predicted octanol–water partition coefficient (Wildman–Crippen LogP) is 2.34. The average Bonchev–Trinajstić information content (AvgIpc) is 2.73. The number of hydrogen-bond acceptors (Lipinski definition) is 6. The number of nitrogens with two attached hydrogens (primary N) is 1. The van der Waals surface area contributed by atoms with E-state index in [1.807, 2.05) is 0 Å². The van der Waals surface area contributed by atoms with Crippen LogP contribution in [-0.2, 0) is 4.79 Å². The molecule has 6 nitrogen and oxygen atoms in total. The van der Waals surface area contributed by atoms with E-state index in [2.05, 4.69) is 15.5 Å². The largest absolute Gasteiger partial charge is 0.408 e. The number of nitrogens with one attached hydrogen (secondary N) is 1. The van der Waals surface area contributed by atoms with Gasteiger partial charge in [-0.1, -0.05) is 16.7 Å². The molecule has 1 aromatic carbocycles. The Bertz CT molecular complexity index is 602. The van der Waals surface area contributed by atoms with Crippen LogP contribution in [0.1, 0.15) is 5.89 Å². The van der Waals surface area contributed by atoms with E-state index in [4.69, 9.17) is 21.8 Å². The normalized spacial score (nSPS) is 10.4. The summed E-state index contributed by atoms with van der Waals surface area (Å²) >= 11 is 7.30. The second-order valence-electron chi connectivity index (χ2n) is 3.65. The van der Waals surface area contributed by atoms with E-state index < -0.39 is 0 Å². The van der Waals surface area contributed by atoms with Crippen molar-refractivity contribution in [1.29, 1.82) is 0 Å². The molecule has 1 aromatic heterocycles. The van der Waals surface area contributed by atoms with Gasteiger partial charge in [0, 0.05) is 17.5 Å². The summed E-state index contributed by atoms with van der Waals surface area (Å²) in [5.41, 5.74) is 6.17. The van der Waals surface area contributed by atoms with Gasteiger partial charge in [0.1, 0.15) is 0 Å². The highest BCUT2D eigenvalue weighted by Gasteiger charge is 2.09. The van der Waals surface area contributed by atoms with Crippen molar-refractivity contribution in [2.75, 3.05) is 16.8 Å². The summed E-state index contributed by atoms with van der Waals surface area (Å²) in [5, 5.41) is 10.3. The summed E-state index contributed by atoms with van der Waals surface area (Å²) in [5.74, 6) is 0.330. The number of anilines is 2. The van der Waals surface area contributed by atoms with Crippen molar-refractivity contribution in [3.8, 4) is 0 Å². The number of thioether (sulfide) groups is 1. The minimum absolute atomic E-state index is 0.0894. The van der Waals surface area contributed by atoms with Crippen LogP contribution in [0.2, 0.25) is 5.02 Å². The van der Waals surface area contributed by atoms with Crippen molar-refractivity contribution in [2.45, 2.75) is 11.8 Å². The zero-order valence-corrected chi connectivity index (χ0v) is 11.6. The second kappa shape index (κ2) is 5.94. The summed E-state index contributed by atoms with van der Waals surface area (Å²) in [4.78, 5) is 12.4. The standard InChI is InChI=1S/C11H11ClN4O2S/c1-6-15-16-11(18-6)14-10(17)5-19-9-3-2-7(13)4-8(9)12/h2-4H,5,13H2,1H3,(H,14,16,17). The molecule has 0 fully saturated rings. The molecule has 3 N–H and O–H groups in total. The van der Waals surface area contributed by atoms with Gasteiger partial charge in [0.25, 0.3) is 0 Å². The van der Waals surface area contributed by atoms with E-state index in [0.29, 0.717) is 16.6 Å². The number of amides is 1. The van der Waals surface area contributed by atoms with Gasteiger partial charge in [-0.05, 0) is 18.2 Å². The number of rotatable bonds is 4. The average molecular weight is 299 g/mol. The number of hydrogen-bond donors (Lipinski definition) is 2. The van der Waals surface area contributed by atoms with E-state index in [9.17, 15) is 4.79 Å². The van der Waals surface area contributed by atoms with Gasteiger partial charge in [-0.3, -0.25) is 10.1 Å². The van der Waals surface area contributed by atoms with Crippen LogP contribution in [0.15, 0.2) is 27.5 Å². The Morgan fingerprint density at radius 1 is 1.53 bits per heavy atom. The number of nitrogen functional groups attached to an aromatic ring is 1. The zero-order chi connectivity index (χ0) is 13.8. The minimum atomic E-state index is -0.249. The molecule has 2 rings (SSSR count). The Labute approximate surface area is 118 Å². The van der Waals surface area contributed by atoms with E-state index in [-0.39, 0.29) is 17.7 Å². The maximum Gasteiger partial charge on any atom is 0.322 e. The number of carbonyl (C=O) groups is 1. The maximum absolute atomic E-state index is 11.6. The quantitative estimate of drug-likeness (QED) is 0.664. The van der Waals surface area contributed by atoms with Gasteiger partial charge in [0.2, 0.25) is 11.8 Å². The fourth-order valence-corrected chi connectivity index (χ4v) is 2.35.